The van der Waals surface area contributed by atoms with Gasteiger partial charge in [-0.1, -0.05) is 24.3 Å². The zero-order valence-corrected chi connectivity index (χ0v) is 16.2. The first-order valence-corrected chi connectivity index (χ1v) is 9.06. The third-order valence-corrected chi connectivity index (χ3v) is 4.04. The Bertz CT molecular complexity index is 872. The van der Waals surface area contributed by atoms with Gasteiger partial charge in [0.2, 0.25) is 5.91 Å². The second-order valence-electron chi connectivity index (χ2n) is 6.07. The highest BCUT2D eigenvalue weighted by molar-refractivity contribution is 5.96. The van der Waals surface area contributed by atoms with Crippen molar-refractivity contribution in [2.24, 2.45) is 0 Å². The molecule has 0 fully saturated rings. The minimum atomic E-state index is -0.707. The zero-order chi connectivity index (χ0) is 21.2. The normalized spacial score (nSPS) is 11.3. The van der Waals surface area contributed by atoms with Gasteiger partial charge in [-0.05, 0) is 36.8 Å². The van der Waals surface area contributed by atoms with Gasteiger partial charge in [0.1, 0.15) is 11.6 Å². The molecule has 2 aromatic carbocycles. The number of esters is 1. The third kappa shape index (κ3) is 6.60. The van der Waals surface area contributed by atoms with Crippen molar-refractivity contribution >= 4 is 17.8 Å². The van der Waals surface area contributed by atoms with Crippen molar-refractivity contribution in [1.29, 1.82) is 0 Å². The van der Waals surface area contributed by atoms with Crippen LogP contribution in [0, 0.1) is 5.82 Å². The van der Waals surface area contributed by atoms with Gasteiger partial charge in [0, 0.05) is 0 Å². The Morgan fingerprint density at radius 1 is 1.10 bits per heavy atom. The van der Waals surface area contributed by atoms with Crippen molar-refractivity contribution < 1.29 is 28.2 Å². The Morgan fingerprint density at radius 3 is 2.55 bits per heavy atom. The molecule has 0 spiro atoms. The van der Waals surface area contributed by atoms with Crippen LogP contribution in [0.15, 0.2) is 48.5 Å². The van der Waals surface area contributed by atoms with Crippen molar-refractivity contribution in [2.45, 2.75) is 19.4 Å². The fraction of sp³-hybridized carbons (Fsp3) is 0.286. The summed E-state index contributed by atoms with van der Waals surface area (Å²) in [5.74, 6) is -1.83. The average Bonchev–Trinajstić information content (AvgIpc) is 2.72. The number of methoxy groups -OCH3 is 1. The van der Waals surface area contributed by atoms with E-state index in [9.17, 15) is 18.8 Å². The summed E-state index contributed by atoms with van der Waals surface area (Å²) in [6.45, 7) is 1.53. The monoisotopic (exact) mass is 402 g/mol. The van der Waals surface area contributed by atoms with Crippen molar-refractivity contribution in [2.75, 3.05) is 20.3 Å². The van der Waals surface area contributed by atoms with Crippen LogP contribution in [0.5, 0.6) is 5.75 Å². The Labute approximate surface area is 168 Å². The number of amides is 2. The predicted octanol–water partition coefficient (Wildman–Crippen LogP) is 2.37. The summed E-state index contributed by atoms with van der Waals surface area (Å²) in [6, 6.07) is 11.7. The molecule has 0 aliphatic rings. The molecule has 0 saturated heterocycles. The van der Waals surface area contributed by atoms with E-state index in [-0.39, 0.29) is 25.1 Å². The molecule has 0 heterocycles. The fourth-order valence-electron chi connectivity index (χ4n) is 2.64. The molecule has 2 rings (SSSR count). The molecule has 2 N–H and O–H groups in total. The summed E-state index contributed by atoms with van der Waals surface area (Å²) in [5.41, 5.74) is 0.488. The second kappa shape index (κ2) is 10.8. The van der Waals surface area contributed by atoms with E-state index in [1.54, 1.807) is 31.2 Å². The summed E-state index contributed by atoms with van der Waals surface area (Å²) in [4.78, 5) is 36.3. The van der Waals surface area contributed by atoms with Gasteiger partial charge in [0.05, 0.1) is 38.3 Å². The number of ether oxygens (including phenoxy) is 2. The molecule has 29 heavy (non-hydrogen) atoms. The lowest BCUT2D eigenvalue weighted by Crippen LogP contribution is -2.39. The van der Waals surface area contributed by atoms with E-state index in [2.05, 4.69) is 10.6 Å². The molecule has 2 amide bonds. The van der Waals surface area contributed by atoms with E-state index < -0.39 is 29.6 Å². The maximum atomic E-state index is 13.7. The maximum absolute atomic E-state index is 13.7. The first kappa shape index (κ1) is 21.9. The number of rotatable bonds is 9. The van der Waals surface area contributed by atoms with E-state index >= 15 is 0 Å². The van der Waals surface area contributed by atoms with Crippen LogP contribution in [0.3, 0.4) is 0 Å². The first-order chi connectivity index (χ1) is 13.9. The van der Waals surface area contributed by atoms with Crippen molar-refractivity contribution in [3.8, 4) is 5.75 Å². The second-order valence-corrected chi connectivity index (χ2v) is 6.07. The molecular formula is C21H23FN2O5. The van der Waals surface area contributed by atoms with E-state index in [1.165, 1.54) is 25.3 Å². The van der Waals surface area contributed by atoms with Crippen molar-refractivity contribution in [3.05, 3.63) is 65.5 Å². The Kier molecular flexibility index (Phi) is 8.14. The molecule has 7 nitrogen and oxygen atoms in total. The number of nitrogens with one attached hydrogen (secondary N) is 2. The molecule has 0 saturated carbocycles. The Hall–Kier alpha value is -3.42. The quantitative estimate of drug-likeness (QED) is 0.628. The maximum Gasteiger partial charge on any atom is 0.308 e. The smallest absolute Gasteiger partial charge is 0.308 e. The SMILES string of the molecule is CCOC(=O)CC(NC(=O)CNC(=O)c1ccccc1F)c1cccc(OC)c1. The Morgan fingerprint density at radius 2 is 1.86 bits per heavy atom. The Balaban J connectivity index is 2.05. The van der Waals surface area contributed by atoms with E-state index in [4.69, 9.17) is 9.47 Å². The number of hydrogen-bond acceptors (Lipinski definition) is 5. The number of halogens is 1. The standard InChI is InChI=1S/C21H23FN2O5/c1-3-29-20(26)12-18(14-7-6-8-15(11-14)28-2)24-19(25)13-23-21(27)16-9-4-5-10-17(16)22/h4-11,18H,3,12-13H2,1-2H3,(H,23,27)(H,24,25). The zero-order valence-electron chi connectivity index (χ0n) is 16.2. The summed E-state index contributed by atoms with van der Waals surface area (Å²) in [7, 11) is 1.51. The lowest BCUT2D eigenvalue weighted by atomic mass is 10.0. The molecular weight excluding hydrogens is 379 g/mol. The van der Waals surface area contributed by atoms with Gasteiger partial charge in [-0.25, -0.2) is 4.39 Å². The van der Waals surface area contributed by atoms with Crippen LogP contribution in [0.25, 0.3) is 0 Å². The highest BCUT2D eigenvalue weighted by atomic mass is 19.1. The lowest BCUT2D eigenvalue weighted by molar-refractivity contribution is -0.143. The molecule has 1 atom stereocenters. The van der Waals surface area contributed by atoms with Crippen LogP contribution >= 0.6 is 0 Å². The van der Waals surface area contributed by atoms with Crippen LogP contribution in [-0.4, -0.2) is 38.0 Å². The lowest BCUT2D eigenvalue weighted by Gasteiger charge is -2.19. The van der Waals surface area contributed by atoms with Gasteiger partial charge in [-0.3, -0.25) is 14.4 Å². The van der Waals surface area contributed by atoms with Gasteiger partial charge in [0.15, 0.2) is 0 Å². The van der Waals surface area contributed by atoms with Crippen molar-refractivity contribution in [1.82, 2.24) is 10.6 Å². The van der Waals surface area contributed by atoms with E-state index in [0.717, 1.165) is 6.07 Å². The van der Waals surface area contributed by atoms with Gasteiger partial charge in [-0.15, -0.1) is 0 Å². The summed E-state index contributed by atoms with van der Waals surface area (Å²) in [6.07, 6.45) is -0.0893. The molecule has 0 bridgehead atoms. The van der Waals surface area contributed by atoms with Crippen LogP contribution in [0.4, 0.5) is 4.39 Å². The number of carbonyl (C=O) groups excluding carboxylic acids is 3. The van der Waals surface area contributed by atoms with Gasteiger partial charge in [0.25, 0.3) is 5.91 Å². The third-order valence-electron chi connectivity index (χ3n) is 4.04. The summed E-state index contributed by atoms with van der Waals surface area (Å²) < 4.78 is 23.8. The number of benzene rings is 2. The van der Waals surface area contributed by atoms with Crippen molar-refractivity contribution in [3.63, 3.8) is 0 Å². The van der Waals surface area contributed by atoms with Crippen LogP contribution in [0.2, 0.25) is 0 Å². The molecule has 154 valence electrons. The molecule has 0 radical (unpaired) electrons. The predicted molar refractivity (Wildman–Crippen MR) is 104 cm³/mol. The molecule has 8 heteroatoms. The average molecular weight is 402 g/mol. The molecule has 1 unspecified atom stereocenters. The van der Waals surface area contributed by atoms with Crippen LogP contribution in [0.1, 0.15) is 35.3 Å². The number of hydrogen-bond donors (Lipinski definition) is 2. The molecule has 2 aromatic rings. The minimum absolute atomic E-state index is 0.0893. The molecule has 0 aromatic heterocycles. The van der Waals surface area contributed by atoms with E-state index in [0.29, 0.717) is 11.3 Å². The molecule has 0 aliphatic heterocycles. The summed E-state index contributed by atoms with van der Waals surface area (Å²) >= 11 is 0. The minimum Gasteiger partial charge on any atom is -0.497 e. The number of carbonyl (C=O) groups is 3. The summed E-state index contributed by atoms with van der Waals surface area (Å²) in [5, 5.41) is 5.06. The highest BCUT2D eigenvalue weighted by Crippen LogP contribution is 2.22. The highest BCUT2D eigenvalue weighted by Gasteiger charge is 2.20. The van der Waals surface area contributed by atoms with Crippen LogP contribution < -0.4 is 15.4 Å². The van der Waals surface area contributed by atoms with Gasteiger partial charge >= 0.3 is 5.97 Å². The largest absolute Gasteiger partial charge is 0.497 e. The first-order valence-electron chi connectivity index (χ1n) is 9.06. The van der Waals surface area contributed by atoms with E-state index in [1.807, 2.05) is 0 Å². The topological polar surface area (TPSA) is 93.7 Å². The van der Waals surface area contributed by atoms with Gasteiger partial charge < -0.3 is 20.1 Å². The fourth-order valence-corrected chi connectivity index (χ4v) is 2.64. The molecule has 0 aliphatic carbocycles. The van der Waals surface area contributed by atoms with Gasteiger partial charge in [-0.2, -0.15) is 0 Å². The van der Waals surface area contributed by atoms with Crippen LogP contribution in [-0.2, 0) is 14.3 Å².